The fraction of sp³-hybridized carbons (Fsp3) is 0.588. The van der Waals surface area contributed by atoms with Gasteiger partial charge in [-0.15, -0.1) is 11.8 Å². The summed E-state index contributed by atoms with van der Waals surface area (Å²) < 4.78 is 11.6. The van der Waals surface area contributed by atoms with Gasteiger partial charge in [0.2, 0.25) is 0 Å². The number of carbonyl (C=O) groups is 1. The van der Waals surface area contributed by atoms with Crippen LogP contribution in [0.1, 0.15) is 43.0 Å². The van der Waals surface area contributed by atoms with Crippen LogP contribution in [0.5, 0.6) is 0 Å². The van der Waals surface area contributed by atoms with E-state index in [-0.39, 0.29) is 11.4 Å². The molecule has 1 atom stereocenters. The Hall–Kier alpha value is -0.840. The van der Waals surface area contributed by atoms with Crippen LogP contribution in [-0.2, 0) is 9.47 Å². The molecule has 0 bridgehead atoms. The van der Waals surface area contributed by atoms with E-state index in [0.29, 0.717) is 5.25 Å². The molecule has 3 nitrogen and oxygen atoms in total. The van der Waals surface area contributed by atoms with Crippen LogP contribution in [-0.4, -0.2) is 36.5 Å². The molecule has 1 aromatic rings. The summed E-state index contributed by atoms with van der Waals surface area (Å²) in [5.41, 5.74) is 0.834. The summed E-state index contributed by atoms with van der Waals surface area (Å²) in [6.45, 7) is 4.11. The fourth-order valence-corrected chi connectivity index (χ4v) is 4.42. The first-order valence-electron chi connectivity index (χ1n) is 7.66. The van der Waals surface area contributed by atoms with E-state index in [4.69, 9.17) is 9.47 Å². The lowest BCUT2D eigenvalue weighted by Gasteiger charge is -2.43. The molecule has 0 radical (unpaired) electrons. The van der Waals surface area contributed by atoms with Gasteiger partial charge in [-0.3, -0.25) is 4.79 Å². The van der Waals surface area contributed by atoms with Crippen molar-refractivity contribution in [1.29, 1.82) is 0 Å². The Kier molecular flexibility index (Phi) is 4.67. The van der Waals surface area contributed by atoms with Gasteiger partial charge >= 0.3 is 0 Å². The highest BCUT2D eigenvalue weighted by Crippen LogP contribution is 2.40. The third-order valence-electron chi connectivity index (χ3n) is 4.42. The lowest BCUT2D eigenvalue weighted by molar-refractivity contribution is -0.131. The molecule has 4 heteroatoms. The molecule has 2 saturated heterocycles. The third kappa shape index (κ3) is 3.68. The molecule has 21 heavy (non-hydrogen) atoms. The van der Waals surface area contributed by atoms with Gasteiger partial charge in [0.25, 0.3) is 0 Å². The molecule has 1 spiro atoms. The first-order valence-corrected chi connectivity index (χ1v) is 8.54. The minimum atomic E-state index is 0.0491. The van der Waals surface area contributed by atoms with Crippen LogP contribution in [0.3, 0.4) is 0 Å². The van der Waals surface area contributed by atoms with E-state index in [1.807, 2.05) is 23.9 Å². The van der Waals surface area contributed by atoms with Crippen LogP contribution in [0, 0.1) is 0 Å². The van der Waals surface area contributed by atoms with Crippen LogP contribution < -0.4 is 0 Å². The van der Waals surface area contributed by atoms with Crippen LogP contribution in [0.2, 0.25) is 0 Å². The standard InChI is InChI=1S/C17H22O3S/c1-13(18)14-2-4-15(5-3-14)21-16-6-9-20-17(12-16)7-10-19-11-8-17/h2-5,16H,6-12H2,1H3. The van der Waals surface area contributed by atoms with Gasteiger partial charge in [0, 0.05) is 35.5 Å². The van der Waals surface area contributed by atoms with Gasteiger partial charge < -0.3 is 9.47 Å². The maximum atomic E-state index is 11.3. The van der Waals surface area contributed by atoms with E-state index in [1.54, 1.807) is 6.92 Å². The minimum absolute atomic E-state index is 0.0491. The number of hydrogen-bond acceptors (Lipinski definition) is 4. The van der Waals surface area contributed by atoms with Crippen molar-refractivity contribution in [2.24, 2.45) is 0 Å². The molecule has 0 aromatic heterocycles. The number of thioether (sulfide) groups is 1. The van der Waals surface area contributed by atoms with Crippen LogP contribution in [0.25, 0.3) is 0 Å². The fourth-order valence-electron chi connectivity index (χ4n) is 3.14. The van der Waals surface area contributed by atoms with Crippen molar-refractivity contribution in [3.05, 3.63) is 29.8 Å². The second-order valence-corrected chi connectivity index (χ2v) is 7.33. The van der Waals surface area contributed by atoms with Gasteiger partial charge in [-0.05, 0) is 44.7 Å². The number of hydrogen-bond donors (Lipinski definition) is 0. The van der Waals surface area contributed by atoms with Gasteiger partial charge in [-0.1, -0.05) is 12.1 Å². The zero-order valence-electron chi connectivity index (χ0n) is 12.5. The molecule has 2 aliphatic heterocycles. The van der Waals surface area contributed by atoms with E-state index < -0.39 is 0 Å². The van der Waals surface area contributed by atoms with Crippen molar-refractivity contribution in [3.63, 3.8) is 0 Å². The highest BCUT2D eigenvalue weighted by Gasteiger charge is 2.39. The molecule has 0 N–H and O–H groups in total. The highest BCUT2D eigenvalue weighted by molar-refractivity contribution is 8.00. The van der Waals surface area contributed by atoms with E-state index in [9.17, 15) is 4.79 Å². The monoisotopic (exact) mass is 306 g/mol. The van der Waals surface area contributed by atoms with Crippen LogP contribution in [0.4, 0.5) is 0 Å². The van der Waals surface area contributed by atoms with Gasteiger partial charge in [0.05, 0.1) is 5.60 Å². The summed E-state index contributed by atoms with van der Waals surface area (Å²) in [7, 11) is 0. The van der Waals surface area contributed by atoms with Gasteiger partial charge in [-0.25, -0.2) is 0 Å². The molecule has 1 unspecified atom stereocenters. The molecule has 0 aliphatic carbocycles. The minimum Gasteiger partial charge on any atom is -0.381 e. The number of carbonyl (C=O) groups excluding carboxylic acids is 1. The molecule has 1 aromatic carbocycles. The van der Waals surface area contributed by atoms with E-state index in [0.717, 1.165) is 51.1 Å². The molecular formula is C17H22O3S. The maximum Gasteiger partial charge on any atom is 0.159 e. The normalized spacial score (nSPS) is 24.9. The SMILES string of the molecule is CC(=O)c1ccc(SC2CCOC3(CCOCC3)C2)cc1. The van der Waals surface area contributed by atoms with Crippen molar-refractivity contribution in [2.45, 2.75) is 48.4 Å². The Labute approximate surface area is 130 Å². The van der Waals surface area contributed by atoms with E-state index >= 15 is 0 Å². The Balaban J connectivity index is 1.62. The quantitative estimate of drug-likeness (QED) is 0.798. The zero-order chi connectivity index (χ0) is 14.7. The summed E-state index contributed by atoms with van der Waals surface area (Å²) in [6, 6.07) is 7.98. The van der Waals surface area contributed by atoms with Gasteiger partial charge in [-0.2, -0.15) is 0 Å². The van der Waals surface area contributed by atoms with Crippen LogP contribution in [0.15, 0.2) is 29.2 Å². The average molecular weight is 306 g/mol. The Morgan fingerprint density at radius 1 is 1.19 bits per heavy atom. The van der Waals surface area contributed by atoms with Gasteiger partial charge in [0.1, 0.15) is 0 Å². The first kappa shape index (κ1) is 15.1. The third-order valence-corrected chi connectivity index (χ3v) is 5.70. The summed E-state index contributed by atoms with van der Waals surface area (Å²) in [5, 5.41) is 0.597. The molecule has 0 saturated carbocycles. The molecule has 0 amide bonds. The topological polar surface area (TPSA) is 35.5 Å². The number of Topliss-reactive ketones (excluding diaryl/α,β-unsaturated/α-hetero) is 1. The summed E-state index contributed by atoms with van der Waals surface area (Å²) in [5.74, 6) is 0.124. The molecule has 114 valence electrons. The second kappa shape index (κ2) is 6.51. The van der Waals surface area contributed by atoms with E-state index in [1.165, 1.54) is 4.90 Å². The van der Waals surface area contributed by atoms with E-state index in [2.05, 4.69) is 12.1 Å². The predicted molar refractivity (Wildman–Crippen MR) is 84.1 cm³/mol. The van der Waals surface area contributed by atoms with Crippen molar-refractivity contribution in [3.8, 4) is 0 Å². The Bertz CT molecular complexity index is 486. The smallest absolute Gasteiger partial charge is 0.159 e. The molecular weight excluding hydrogens is 284 g/mol. The van der Waals surface area contributed by atoms with Crippen molar-refractivity contribution < 1.29 is 14.3 Å². The second-order valence-electron chi connectivity index (χ2n) is 5.96. The van der Waals surface area contributed by atoms with Crippen LogP contribution >= 0.6 is 11.8 Å². The van der Waals surface area contributed by atoms with Crippen molar-refractivity contribution in [2.75, 3.05) is 19.8 Å². The Morgan fingerprint density at radius 3 is 2.57 bits per heavy atom. The number of benzene rings is 1. The van der Waals surface area contributed by atoms with Crippen molar-refractivity contribution in [1.82, 2.24) is 0 Å². The maximum absolute atomic E-state index is 11.3. The van der Waals surface area contributed by atoms with Crippen molar-refractivity contribution >= 4 is 17.5 Å². The predicted octanol–water partition coefficient (Wildman–Crippen LogP) is 3.71. The largest absolute Gasteiger partial charge is 0.381 e. The van der Waals surface area contributed by atoms with Gasteiger partial charge in [0.15, 0.2) is 5.78 Å². The Morgan fingerprint density at radius 2 is 1.90 bits per heavy atom. The zero-order valence-corrected chi connectivity index (χ0v) is 13.3. The lowest BCUT2D eigenvalue weighted by Crippen LogP contribution is -2.45. The summed E-state index contributed by atoms with van der Waals surface area (Å²) >= 11 is 1.92. The summed E-state index contributed by atoms with van der Waals surface area (Å²) in [4.78, 5) is 12.6. The number of ether oxygens (including phenoxy) is 2. The number of ketones is 1. The average Bonchev–Trinajstić information content (AvgIpc) is 2.49. The molecule has 3 rings (SSSR count). The lowest BCUT2D eigenvalue weighted by atomic mass is 9.86. The number of rotatable bonds is 3. The molecule has 2 aliphatic rings. The molecule has 2 fully saturated rings. The first-order chi connectivity index (χ1) is 10.2. The highest BCUT2D eigenvalue weighted by atomic mass is 32.2. The summed E-state index contributed by atoms with van der Waals surface area (Å²) in [6.07, 6.45) is 4.25. The molecule has 2 heterocycles.